The fourth-order valence-corrected chi connectivity index (χ4v) is 5.77. The van der Waals surface area contributed by atoms with Gasteiger partial charge in [0.25, 0.3) is 0 Å². The molecule has 1 atom stereocenters. The fourth-order valence-electron chi connectivity index (χ4n) is 4.72. The molecule has 1 unspecified atom stereocenters. The number of amidine groups is 1. The lowest BCUT2D eigenvalue weighted by Gasteiger charge is -2.55. The molecule has 140 valence electrons. The summed E-state index contributed by atoms with van der Waals surface area (Å²) in [6, 6.07) is 16.3. The molecule has 3 aliphatic heterocycles. The molecular weight excluding hydrogens is 380 g/mol. The third-order valence-corrected chi connectivity index (χ3v) is 7.26. The van der Waals surface area contributed by atoms with Crippen LogP contribution >= 0.6 is 11.6 Å². The summed E-state index contributed by atoms with van der Waals surface area (Å²) in [5, 5.41) is 0.694. The molecular formula is C21H21ClN2O2S. The first-order valence-electron chi connectivity index (χ1n) is 9.42. The average Bonchev–Trinajstić information content (AvgIpc) is 2.71. The van der Waals surface area contributed by atoms with E-state index in [1.165, 1.54) is 18.4 Å². The van der Waals surface area contributed by atoms with Gasteiger partial charge in [0, 0.05) is 17.6 Å². The standard InChI is InChI=1S/C21H21ClN2O2S/c22-16-3-7-19(8-4-16)26-18-5-1-15(2-6-18)21-11-9-17(10-12-21)24-13-14-27(25)23-20(21)24/h1-8,17H,9-14H2. The van der Waals surface area contributed by atoms with E-state index in [9.17, 15) is 4.21 Å². The fraction of sp³-hybridized carbons (Fsp3) is 0.381. The summed E-state index contributed by atoms with van der Waals surface area (Å²) >= 11 is 5.93. The van der Waals surface area contributed by atoms with Crippen LogP contribution in [-0.4, -0.2) is 33.3 Å². The van der Waals surface area contributed by atoms with Gasteiger partial charge in [-0.05, 0) is 67.6 Å². The molecule has 6 rings (SSSR count). The molecule has 2 saturated heterocycles. The zero-order valence-electron chi connectivity index (χ0n) is 14.9. The summed E-state index contributed by atoms with van der Waals surface area (Å²) in [5.74, 6) is 3.28. The summed E-state index contributed by atoms with van der Waals surface area (Å²) in [6.45, 7) is 0.871. The van der Waals surface area contributed by atoms with Crippen LogP contribution in [0.25, 0.3) is 0 Å². The van der Waals surface area contributed by atoms with Crippen molar-refractivity contribution in [2.45, 2.75) is 37.1 Å². The highest BCUT2D eigenvalue weighted by Gasteiger charge is 2.51. The molecule has 2 aromatic rings. The van der Waals surface area contributed by atoms with E-state index in [4.69, 9.17) is 16.3 Å². The zero-order chi connectivity index (χ0) is 18.4. The first kappa shape index (κ1) is 17.3. The van der Waals surface area contributed by atoms with Crippen LogP contribution in [0, 0.1) is 0 Å². The quantitative estimate of drug-likeness (QED) is 0.749. The highest BCUT2D eigenvalue weighted by molar-refractivity contribution is 7.83. The highest BCUT2D eigenvalue weighted by Crippen LogP contribution is 2.49. The number of piperidine rings is 2. The zero-order valence-corrected chi connectivity index (χ0v) is 16.5. The Kier molecular flexibility index (Phi) is 4.25. The lowest BCUT2D eigenvalue weighted by Crippen LogP contribution is -2.62. The Morgan fingerprint density at radius 1 is 1.04 bits per heavy atom. The van der Waals surface area contributed by atoms with Crippen LogP contribution < -0.4 is 4.74 Å². The molecule has 3 fully saturated rings. The van der Waals surface area contributed by atoms with Gasteiger partial charge in [-0.25, -0.2) is 4.21 Å². The van der Waals surface area contributed by atoms with Crippen molar-refractivity contribution in [3.8, 4) is 11.5 Å². The Bertz CT molecular complexity index is 903. The van der Waals surface area contributed by atoms with Crippen molar-refractivity contribution in [2.75, 3.05) is 12.3 Å². The normalized spacial score (nSPS) is 29.2. The molecule has 2 aromatic carbocycles. The van der Waals surface area contributed by atoms with Gasteiger partial charge in [0.15, 0.2) is 0 Å². The maximum atomic E-state index is 12.1. The Hall–Kier alpha value is -1.85. The van der Waals surface area contributed by atoms with Crippen LogP contribution in [0.2, 0.25) is 5.02 Å². The van der Waals surface area contributed by atoms with Gasteiger partial charge in [-0.2, -0.15) is 4.40 Å². The largest absolute Gasteiger partial charge is 0.457 e. The molecule has 27 heavy (non-hydrogen) atoms. The van der Waals surface area contributed by atoms with Gasteiger partial charge in [0.2, 0.25) is 0 Å². The minimum absolute atomic E-state index is 0.0936. The van der Waals surface area contributed by atoms with Crippen molar-refractivity contribution in [1.29, 1.82) is 0 Å². The van der Waals surface area contributed by atoms with Crippen molar-refractivity contribution >= 4 is 28.4 Å². The van der Waals surface area contributed by atoms with Gasteiger partial charge in [-0.15, -0.1) is 0 Å². The van der Waals surface area contributed by atoms with E-state index >= 15 is 0 Å². The Morgan fingerprint density at radius 2 is 1.67 bits per heavy atom. The summed E-state index contributed by atoms with van der Waals surface area (Å²) in [4.78, 5) is 2.42. The summed E-state index contributed by atoms with van der Waals surface area (Å²) < 4.78 is 22.6. The van der Waals surface area contributed by atoms with Crippen LogP contribution in [0.4, 0.5) is 0 Å². The van der Waals surface area contributed by atoms with Gasteiger partial charge in [-0.1, -0.05) is 23.7 Å². The van der Waals surface area contributed by atoms with Crippen LogP contribution in [0.1, 0.15) is 31.2 Å². The highest BCUT2D eigenvalue weighted by atomic mass is 35.5. The molecule has 0 N–H and O–H groups in total. The third kappa shape index (κ3) is 2.97. The van der Waals surface area contributed by atoms with E-state index in [0.717, 1.165) is 36.7 Å². The smallest absolute Gasteiger partial charge is 0.142 e. The number of halogens is 1. The van der Waals surface area contributed by atoms with Crippen LogP contribution in [0.3, 0.4) is 0 Å². The van der Waals surface area contributed by atoms with Gasteiger partial charge < -0.3 is 9.64 Å². The second-order valence-corrected chi connectivity index (χ2v) is 9.20. The van der Waals surface area contributed by atoms with E-state index in [-0.39, 0.29) is 5.41 Å². The maximum Gasteiger partial charge on any atom is 0.142 e. The van der Waals surface area contributed by atoms with Crippen LogP contribution in [0.15, 0.2) is 52.9 Å². The third-order valence-electron chi connectivity index (χ3n) is 6.10. The van der Waals surface area contributed by atoms with Crippen LogP contribution in [0.5, 0.6) is 11.5 Å². The molecule has 0 spiro atoms. The lowest BCUT2D eigenvalue weighted by molar-refractivity contribution is 0.152. The van der Waals surface area contributed by atoms with Crippen LogP contribution in [-0.2, 0) is 16.4 Å². The second kappa shape index (κ2) is 6.64. The first-order chi connectivity index (χ1) is 13.1. The van der Waals surface area contributed by atoms with Gasteiger partial charge in [0.1, 0.15) is 28.3 Å². The number of fused-ring (bicyclic) bond motifs is 2. The topological polar surface area (TPSA) is 41.9 Å². The lowest BCUT2D eigenvalue weighted by atomic mass is 9.63. The summed E-state index contributed by atoms with van der Waals surface area (Å²) in [5.41, 5.74) is 1.16. The van der Waals surface area contributed by atoms with Crippen molar-refractivity contribution < 1.29 is 8.95 Å². The number of hydrogen-bond donors (Lipinski definition) is 0. The Morgan fingerprint density at radius 3 is 2.33 bits per heavy atom. The van der Waals surface area contributed by atoms with Gasteiger partial charge in [0.05, 0.1) is 11.2 Å². The predicted molar refractivity (Wildman–Crippen MR) is 109 cm³/mol. The molecule has 0 radical (unpaired) electrons. The molecule has 0 amide bonds. The van der Waals surface area contributed by atoms with Gasteiger partial charge in [-0.3, -0.25) is 0 Å². The average molecular weight is 401 g/mol. The second-order valence-electron chi connectivity index (χ2n) is 7.53. The minimum Gasteiger partial charge on any atom is -0.457 e. The number of ether oxygens (including phenoxy) is 1. The number of nitrogens with zero attached hydrogens (tertiary/aromatic N) is 2. The van der Waals surface area contributed by atoms with E-state index in [0.29, 0.717) is 16.8 Å². The number of hydrogen-bond acceptors (Lipinski definition) is 3. The molecule has 4 aliphatic rings. The Labute approximate surface area is 166 Å². The molecule has 1 aliphatic carbocycles. The monoisotopic (exact) mass is 400 g/mol. The summed E-state index contributed by atoms with van der Waals surface area (Å²) in [7, 11) is -1.08. The molecule has 3 heterocycles. The molecule has 1 saturated carbocycles. The predicted octanol–water partition coefficient (Wildman–Crippen LogP) is 4.70. The SMILES string of the molecule is O=S1CCN2C(=N1)C1(c3ccc(Oc4ccc(Cl)cc4)cc3)CCC2CC1. The van der Waals surface area contributed by atoms with Crippen molar-refractivity contribution in [3.63, 3.8) is 0 Å². The maximum absolute atomic E-state index is 12.1. The summed E-state index contributed by atoms with van der Waals surface area (Å²) in [6.07, 6.45) is 4.55. The Balaban J connectivity index is 1.45. The molecule has 4 nitrogen and oxygen atoms in total. The number of benzene rings is 2. The van der Waals surface area contributed by atoms with E-state index in [1.54, 1.807) is 0 Å². The van der Waals surface area contributed by atoms with E-state index in [2.05, 4.69) is 21.4 Å². The first-order valence-corrected chi connectivity index (χ1v) is 11.1. The number of rotatable bonds is 3. The van der Waals surface area contributed by atoms with Crippen molar-refractivity contribution in [1.82, 2.24) is 4.90 Å². The minimum atomic E-state index is -1.08. The molecule has 0 aromatic heterocycles. The molecule has 2 bridgehead atoms. The van der Waals surface area contributed by atoms with E-state index in [1.807, 2.05) is 36.4 Å². The van der Waals surface area contributed by atoms with Crippen molar-refractivity contribution in [3.05, 3.63) is 59.1 Å². The van der Waals surface area contributed by atoms with Gasteiger partial charge >= 0.3 is 0 Å². The van der Waals surface area contributed by atoms with Crippen molar-refractivity contribution in [2.24, 2.45) is 4.40 Å². The molecule has 6 heteroatoms. The van der Waals surface area contributed by atoms with E-state index < -0.39 is 11.0 Å².